The molecule has 1 heterocycles. The highest BCUT2D eigenvalue weighted by Crippen LogP contribution is 2.13. The second-order valence-electron chi connectivity index (χ2n) is 5.21. The van der Waals surface area contributed by atoms with Crippen molar-refractivity contribution in [3.05, 3.63) is 24.6 Å². The number of allylic oxidation sites excluding steroid dienone is 2. The summed E-state index contributed by atoms with van der Waals surface area (Å²) in [6.45, 7) is 3.18. The lowest BCUT2D eigenvalue weighted by Gasteiger charge is -2.24. The standard InChI is InChI=1S/C16H30N2O/c1-2-3-4-5-6-7-8-9-10-11-16-17-12-13-18(16)14-15-19/h4-5,12-13,16-17,19H,2-3,6-11,14-15H2,1H3/b5-4+. The Balaban J connectivity index is 1.93. The topological polar surface area (TPSA) is 35.5 Å². The van der Waals surface area contributed by atoms with Gasteiger partial charge in [-0.1, -0.05) is 38.3 Å². The molecule has 1 aliphatic rings. The van der Waals surface area contributed by atoms with Crippen molar-refractivity contribution in [3.63, 3.8) is 0 Å². The minimum Gasteiger partial charge on any atom is -0.395 e. The first kappa shape index (κ1) is 16.1. The van der Waals surface area contributed by atoms with Crippen molar-refractivity contribution in [2.75, 3.05) is 13.2 Å². The number of β-amino-alcohol motifs (C(OH)–C–C–N with tert-alkyl or cyclic N) is 1. The monoisotopic (exact) mass is 266 g/mol. The Kier molecular flexibility index (Phi) is 9.25. The van der Waals surface area contributed by atoms with Crippen LogP contribution < -0.4 is 5.32 Å². The summed E-state index contributed by atoms with van der Waals surface area (Å²) in [6, 6.07) is 0. The molecule has 0 amide bonds. The zero-order valence-electron chi connectivity index (χ0n) is 12.4. The molecule has 2 N–H and O–H groups in total. The summed E-state index contributed by atoms with van der Waals surface area (Å²) in [5.41, 5.74) is 0. The lowest BCUT2D eigenvalue weighted by molar-refractivity contribution is 0.194. The molecule has 1 atom stereocenters. The van der Waals surface area contributed by atoms with Crippen LogP contribution in [0.4, 0.5) is 0 Å². The molecular weight excluding hydrogens is 236 g/mol. The maximum absolute atomic E-state index is 8.96. The van der Waals surface area contributed by atoms with Crippen molar-refractivity contribution < 1.29 is 5.11 Å². The Morgan fingerprint density at radius 3 is 2.74 bits per heavy atom. The van der Waals surface area contributed by atoms with Crippen LogP contribution in [0.5, 0.6) is 0 Å². The molecule has 0 radical (unpaired) electrons. The van der Waals surface area contributed by atoms with Crippen LogP contribution >= 0.6 is 0 Å². The number of aliphatic hydroxyl groups excluding tert-OH is 1. The van der Waals surface area contributed by atoms with Crippen LogP contribution in [-0.4, -0.2) is 29.3 Å². The molecule has 19 heavy (non-hydrogen) atoms. The number of aliphatic hydroxyl groups is 1. The van der Waals surface area contributed by atoms with Gasteiger partial charge in [-0.25, -0.2) is 0 Å². The first-order valence-electron chi connectivity index (χ1n) is 7.82. The zero-order valence-corrected chi connectivity index (χ0v) is 12.4. The largest absolute Gasteiger partial charge is 0.395 e. The Morgan fingerprint density at radius 2 is 1.95 bits per heavy atom. The number of hydrogen-bond acceptors (Lipinski definition) is 3. The van der Waals surface area contributed by atoms with E-state index in [0.29, 0.717) is 6.17 Å². The van der Waals surface area contributed by atoms with E-state index in [1.165, 1.54) is 51.4 Å². The van der Waals surface area contributed by atoms with E-state index >= 15 is 0 Å². The third-order valence-corrected chi connectivity index (χ3v) is 3.53. The normalized spacial score (nSPS) is 18.4. The van der Waals surface area contributed by atoms with Gasteiger partial charge in [-0.15, -0.1) is 0 Å². The average Bonchev–Trinajstić information content (AvgIpc) is 2.85. The SMILES string of the molecule is CCC/C=C/CCCCCCC1NC=CN1CCO. The minimum atomic E-state index is 0.229. The fraction of sp³-hybridized carbons (Fsp3) is 0.750. The van der Waals surface area contributed by atoms with Gasteiger partial charge >= 0.3 is 0 Å². The highest BCUT2D eigenvalue weighted by molar-refractivity contribution is 4.93. The Labute approximate surface area is 118 Å². The maximum Gasteiger partial charge on any atom is 0.0982 e. The van der Waals surface area contributed by atoms with E-state index in [1.54, 1.807) is 0 Å². The first-order valence-corrected chi connectivity index (χ1v) is 7.82. The third kappa shape index (κ3) is 7.26. The number of unbranched alkanes of at least 4 members (excludes halogenated alkanes) is 5. The molecule has 1 aliphatic heterocycles. The summed E-state index contributed by atoms with van der Waals surface area (Å²) in [4.78, 5) is 2.19. The molecule has 0 spiro atoms. The van der Waals surface area contributed by atoms with Crippen molar-refractivity contribution in [2.24, 2.45) is 0 Å². The Hall–Kier alpha value is -0.960. The fourth-order valence-corrected chi connectivity index (χ4v) is 2.40. The van der Waals surface area contributed by atoms with Gasteiger partial charge in [-0.2, -0.15) is 0 Å². The quantitative estimate of drug-likeness (QED) is 0.444. The van der Waals surface area contributed by atoms with E-state index < -0.39 is 0 Å². The molecule has 3 heteroatoms. The molecule has 0 aliphatic carbocycles. The number of nitrogens with zero attached hydrogens (tertiary/aromatic N) is 1. The van der Waals surface area contributed by atoms with Gasteiger partial charge in [0, 0.05) is 18.9 Å². The van der Waals surface area contributed by atoms with Gasteiger partial charge in [0.25, 0.3) is 0 Å². The van der Waals surface area contributed by atoms with Gasteiger partial charge < -0.3 is 15.3 Å². The number of rotatable bonds is 11. The zero-order chi connectivity index (χ0) is 13.8. The van der Waals surface area contributed by atoms with Crippen LogP contribution in [0.2, 0.25) is 0 Å². The van der Waals surface area contributed by atoms with Crippen LogP contribution in [0.15, 0.2) is 24.6 Å². The lowest BCUT2D eigenvalue weighted by atomic mass is 10.1. The fourth-order valence-electron chi connectivity index (χ4n) is 2.40. The van der Waals surface area contributed by atoms with Gasteiger partial charge in [0.15, 0.2) is 0 Å². The van der Waals surface area contributed by atoms with Gasteiger partial charge in [0.2, 0.25) is 0 Å². The van der Waals surface area contributed by atoms with E-state index in [1.807, 2.05) is 12.4 Å². The predicted molar refractivity (Wildman–Crippen MR) is 81.6 cm³/mol. The summed E-state index contributed by atoms with van der Waals surface area (Å²) in [5.74, 6) is 0. The van der Waals surface area contributed by atoms with E-state index in [9.17, 15) is 0 Å². The van der Waals surface area contributed by atoms with E-state index in [-0.39, 0.29) is 6.61 Å². The molecule has 0 fully saturated rings. The molecular formula is C16H30N2O. The molecule has 0 aromatic carbocycles. The van der Waals surface area contributed by atoms with Gasteiger partial charge in [0.1, 0.15) is 0 Å². The Bertz CT molecular complexity index is 263. The maximum atomic E-state index is 8.96. The number of nitrogens with one attached hydrogen (secondary N) is 1. The molecule has 1 unspecified atom stereocenters. The molecule has 1 rings (SSSR count). The van der Waals surface area contributed by atoms with E-state index in [0.717, 1.165) is 6.54 Å². The smallest absolute Gasteiger partial charge is 0.0982 e. The second kappa shape index (κ2) is 10.9. The van der Waals surface area contributed by atoms with Crippen molar-refractivity contribution >= 4 is 0 Å². The third-order valence-electron chi connectivity index (χ3n) is 3.53. The van der Waals surface area contributed by atoms with E-state index in [2.05, 4.69) is 29.3 Å². The molecule has 0 saturated carbocycles. The van der Waals surface area contributed by atoms with Crippen molar-refractivity contribution in [3.8, 4) is 0 Å². The van der Waals surface area contributed by atoms with Crippen LogP contribution in [0, 0.1) is 0 Å². The second-order valence-corrected chi connectivity index (χ2v) is 5.21. The van der Waals surface area contributed by atoms with Gasteiger partial charge in [-0.3, -0.25) is 0 Å². The molecule has 3 nitrogen and oxygen atoms in total. The summed E-state index contributed by atoms with van der Waals surface area (Å²) < 4.78 is 0. The van der Waals surface area contributed by atoms with Crippen LogP contribution in [0.25, 0.3) is 0 Å². The molecule has 110 valence electrons. The number of hydrogen-bond donors (Lipinski definition) is 2. The van der Waals surface area contributed by atoms with Crippen molar-refractivity contribution in [2.45, 2.75) is 64.5 Å². The molecule has 0 aromatic rings. The van der Waals surface area contributed by atoms with Crippen molar-refractivity contribution in [1.29, 1.82) is 0 Å². The van der Waals surface area contributed by atoms with Crippen LogP contribution in [-0.2, 0) is 0 Å². The van der Waals surface area contributed by atoms with Gasteiger partial charge in [0.05, 0.1) is 12.8 Å². The first-order chi connectivity index (χ1) is 9.38. The van der Waals surface area contributed by atoms with Crippen molar-refractivity contribution in [1.82, 2.24) is 10.2 Å². The van der Waals surface area contributed by atoms with Gasteiger partial charge in [-0.05, 0) is 32.1 Å². The van der Waals surface area contributed by atoms with Crippen LogP contribution in [0.3, 0.4) is 0 Å². The van der Waals surface area contributed by atoms with Crippen LogP contribution in [0.1, 0.15) is 58.3 Å². The summed E-state index contributed by atoms with van der Waals surface area (Å²) in [5, 5.41) is 12.3. The van der Waals surface area contributed by atoms with E-state index in [4.69, 9.17) is 5.11 Å². The molecule has 0 saturated heterocycles. The summed E-state index contributed by atoms with van der Waals surface area (Å²) >= 11 is 0. The lowest BCUT2D eigenvalue weighted by Crippen LogP contribution is -2.36. The summed E-state index contributed by atoms with van der Waals surface area (Å²) in [6.07, 6.45) is 19.2. The highest BCUT2D eigenvalue weighted by atomic mass is 16.3. The minimum absolute atomic E-state index is 0.229. The predicted octanol–water partition coefficient (Wildman–Crippen LogP) is 3.38. The highest BCUT2D eigenvalue weighted by Gasteiger charge is 2.16. The average molecular weight is 266 g/mol. The Morgan fingerprint density at radius 1 is 1.16 bits per heavy atom. The summed E-state index contributed by atoms with van der Waals surface area (Å²) in [7, 11) is 0. The molecule has 0 aromatic heterocycles. The molecule has 0 bridgehead atoms.